The van der Waals surface area contributed by atoms with Gasteiger partial charge in [0.15, 0.2) is 11.7 Å². The summed E-state index contributed by atoms with van der Waals surface area (Å²) in [6, 6.07) is 16.7. The monoisotopic (exact) mass is 423 g/mol. The van der Waals surface area contributed by atoms with Crippen LogP contribution in [0.5, 0.6) is 0 Å². The summed E-state index contributed by atoms with van der Waals surface area (Å²) >= 11 is 0. The molecule has 3 aromatic rings. The number of nitrogens with one attached hydrogen (secondary N) is 1. The first kappa shape index (κ1) is 22.7. The fourth-order valence-corrected chi connectivity index (χ4v) is 3.67. The third-order valence-corrected chi connectivity index (χ3v) is 5.43. The number of halogens is 1. The summed E-state index contributed by atoms with van der Waals surface area (Å²) in [5, 5.41) is 3.08. The summed E-state index contributed by atoms with van der Waals surface area (Å²) in [5.41, 5.74) is 2.02. The molecule has 0 radical (unpaired) electrons. The molecule has 1 aromatic heterocycles. The predicted molar refractivity (Wildman–Crippen MR) is 120 cm³/mol. The van der Waals surface area contributed by atoms with Gasteiger partial charge in [0.1, 0.15) is 5.82 Å². The van der Waals surface area contributed by atoms with Crippen molar-refractivity contribution in [1.82, 2.24) is 15.2 Å². The first-order valence-corrected chi connectivity index (χ1v) is 10.8. The first-order valence-electron chi connectivity index (χ1n) is 10.8. The van der Waals surface area contributed by atoms with E-state index >= 15 is 0 Å². The molecular weight excluding hydrogens is 393 g/mol. The molecule has 1 atom stereocenters. The lowest BCUT2D eigenvalue weighted by molar-refractivity contribution is -0.121. The number of nitrogens with zero attached hydrogens (tertiary/aromatic N) is 2. The highest BCUT2D eigenvalue weighted by atomic mass is 19.1. The highest BCUT2D eigenvalue weighted by molar-refractivity contribution is 5.76. The topological polar surface area (TPSA) is 58.4 Å². The van der Waals surface area contributed by atoms with E-state index in [1.807, 2.05) is 18.2 Å². The molecule has 1 amide bonds. The molecule has 1 N–H and O–H groups in total. The van der Waals surface area contributed by atoms with Crippen LogP contribution in [0.1, 0.15) is 31.7 Å². The van der Waals surface area contributed by atoms with E-state index in [2.05, 4.69) is 41.2 Å². The Morgan fingerprint density at radius 2 is 1.81 bits per heavy atom. The average Bonchev–Trinajstić information content (AvgIpc) is 3.27. The largest absolute Gasteiger partial charge is 0.441 e. The number of rotatable bonds is 11. The van der Waals surface area contributed by atoms with Crippen molar-refractivity contribution in [1.29, 1.82) is 0 Å². The molecular formula is C25H30FN3O2. The Bertz CT molecular complexity index is 937. The Morgan fingerprint density at radius 3 is 2.48 bits per heavy atom. The lowest BCUT2D eigenvalue weighted by atomic mass is 10.0. The van der Waals surface area contributed by atoms with Gasteiger partial charge in [0.2, 0.25) is 5.91 Å². The zero-order valence-electron chi connectivity index (χ0n) is 18.2. The van der Waals surface area contributed by atoms with E-state index in [1.54, 1.807) is 18.3 Å². The van der Waals surface area contributed by atoms with Crippen LogP contribution in [-0.4, -0.2) is 41.5 Å². The number of carbonyl (C=O) groups is 1. The second-order valence-corrected chi connectivity index (χ2v) is 7.49. The van der Waals surface area contributed by atoms with Gasteiger partial charge in [-0.1, -0.05) is 44.2 Å². The van der Waals surface area contributed by atoms with Crippen LogP contribution in [0.15, 0.2) is 65.2 Å². The van der Waals surface area contributed by atoms with E-state index in [9.17, 15) is 9.18 Å². The molecule has 164 valence electrons. The van der Waals surface area contributed by atoms with Gasteiger partial charge < -0.3 is 9.73 Å². The number of aryl methyl sites for hydroxylation is 1. The molecule has 0 saturated heterocycles. The molecule has 1 unspecified atom stereocenters. The van der Waals surface area contributed by atoms with Gasteiger partial charge in [-0.15, -0.1) is 0 Å². The zero-order valence-corrected chi connectivity index (χ0v) is 18.2. The normalized spacial score (nSPS) is 12.1. The van der Waals surface area contributed by atoms with Crippen LogP contribution in [0, 0.1) is 5.82 Å². The van der Waals surface area contributed by atoms with Gasteiger partial charge >= 0.3 is 0 Å². The van der Waals surface area contributed by atoms with Crippen LogP contribution in [0.4, 0.5) is 4.39 Å². The standard InChI is InChI=1S/C25H30FN3O2/c1-3-29(4-2)22(16-19-8-6-5-7-9-19)17-27-24(30)14-15-25-28-18-23(31-25)20-10-12-21(26)13-11-20/h5-13,18,22H,3-4,14-17H2,1-2H3,(H,27,30). The third kappa shape index (κ3) is 6.76. The summed E-state index contributed by atoms with van der Waals surface area (Å²) in [4.78, 5) is 19.1. The molecule has 0 spiro atoms. The number of aromatic nitrogens is 1. The summed E-state index contributed by atoms with van der Waals surface area (Å²) < 4.78 is 18.8. The van der Waals surface area contributed by atoms with Gasteiger partial charge in [0.25, 0.3) is 0 Å². The van der Waals surface area contributed by atoms with Crippen molar-refractivity contribution >= 4 is 5.91 Å². The summed E-state index contributed by atoms with van der Waals surface area (Å²) in [6.07, 6.45) is 3.22. The van der Waals surface area contributed by atoms with E-state index in [4.69, 9.17) is 4.42 Å². The van der Waals surface area contributed by atoms with E-state index < -0.39 is 0 Å². The minimum Gasteiger partial charge on any atom is -0.441 e. The molecule has 0 saturated carbocycles. The average molecular weight is 424 g/mol. The fourth-order valence-electron chi connectivity index (χ4n) is 3.67. The van der Waals surface area contributed by atoms with Crippen molar-refractivity contribution in [2.45, 2.75) is 39.2 Å². The van der Waals surface area contributed by atoms with Crippen LogP contribution in [-0.2, 0) is 17.6 Å². The van der Waals surface area contributed by atoms with Gasteiger partial charge in [0.05, 0.1) is 6.20 Å². The Hall–Kier alpha value is -2.99. The Morgan fingerprint density at radius 1 is 1.10 bits per heavy atom. The maximum Gasteiger partial charge on any atom is 0.220 e. The second-order valence-electron chi connectivity index (χ2n) is 7.49. The molecule has 3 rings (SSSR count). The fraction of sp³-hybridized carbons (Fsp3) is 0.360. The van der Waals surface area contributed by atoms with Gasteiger partial charge in [-0.3, -0.25) is 9.69 Å². The van der Waals surface area contributed by atoms with Crippen LogP contribution in [0.2, 0.25) is 0 Å². The van der Waals surface area contributed by atoms with Crippen LogP contribution >= 0.6 is 0 Å². The minimum atomic E-state index is -0.296. The SMILES string of the molecule is CCN(CC)C(CNC(=O)CCc1ncc(-c2ccc(F)cc2)o1)Cc1ccccc1. The number of benzene rings is 2. The number of likely N-dealkylation sites (N-methyl/N-ethyl adjacent to an activating group) is 1. The molecule has 2 aromatic carbocycles. The third-order valence-electron chi connectivity index (χ3n) is 5.43. The Kier molecular flexibility index (Phi) is 8.35. The molecule has 0 aliphatic heterocycles. The minimum absolute atomic E-state index is 0.0215. The number of amides is 1. The molecule has 0 fully saturated rings. The Labute approximate surface area is 183 Å². The highest BCUT2D eigenvalue weighted by Crippen LogP contribution is 2.21. The summed E-state index contributed by atoms with van der Waals surface area (Å²) in [5.74, 6) is 0.751. The van der Waals surface area contributed by atoms with E-state index in [0.29, 0.717) is 31.0 Å². The highest BCUT2D eigenvalue weighted by Gasteiger charge is 2.18. The number of oxazole rings is 1. The smallest absolute Gasteiger partial charge is 0.220 e. The molecule has 0 aliphatic rings. The van der Waals surface area contributed by atoms with E-state index in [-0.39, 0.29) is 17.8 Å². The second kappa shape index (κ2) is 11.4. The molecule has 0 aliphatic carbocycles. The molecule has 6 heteroatoms. The van der Waals surface area contributed by atoms with E-state index in [1.165, 1.54) is 17.7 Å². The van der Waals surface area contributed by atoms with Crippen molar-refractivity contribution in [2.75, 3.05) is 19.6 Å². The predicted octanol–water partition coefficient (Wildman–Crippen LogP) is 4.48. The first-order chi connectivity index (χ1) is 15.1. The van der Waals surface area contributed by atoms with E-state index in [0.717, 1.165) is 25.1 Å². The molecule has 31 heavy (non-hydrogen) atoms. The van der Waals surface area contributed by atoms with Gasteiger partial charge in [0, 0.05) is 31.0 Å². The summed E-state index contributed by atoms with van der Waals surface area (Å²) in [6.45, 7) is 6.76. The van der Waals surface area contributed by atoms with Crippen molar-refractivity contribution in [3.8, 4) is 11.3 Å². The maximum absolute atomic E-state index is 13.1. The van der Waals surface area contributed by atoms with Crippen molar-refractivity contribution in [3.05, 3.63) is 78.1 Å². The van der Waals surface area contributed by atoms with Crippen LogP contribution < -0.4 is 5.32 Å². The molecule has 0 bridgehead atoms. The molecule has 1 heterocycles. The lowest BCUT2D eigenvalue weighted by Crippen LogP contribution is -2.45. The number of carbonyl (C=O) groups excluding carboxylic acids is 1. The number of hydrogen-bond donors (Lipinski definition) is 1. The van der Waals surface area contributed by atoms with Crippen molar-refractivity contribution < 1.29 is 13.6 Å². The lowest BCUT2D eigenvalue weighted by Gasteiger charge is -2.30. The molecule has 5 nitrogen and oxygen atoms in total. The van der Waals surface area contributed by atoms with Gasteiger partial charge in [-0.05, 0) is 49.3 Å². The van der Waals surface area contributed by atoms with Crippen molar-refractivity contribution in [3.63, 3.8) is 0 Å². The van der Waals surface area contributed by atoms with Crippen LogP contribution in [0.3, 0.4) is 0 Å². The quantitative estimate of drug-likeness (QED) is 0.494. The number of hydrogen-bond acceptors (Lipinski definition) is 4. The van der Waals surface area contributed by atoms with Gasteiger partial charge in [-0.25, -0.2) is 9.37 Å². The van der Waals surface area contributed by atoms with Crippen molar-refractivity contribution in [2.24, 2.45) is 0 Å². The zero-order chi connectivity index (χ0) is 22.1. The van der Waals surface area contributed by atoms with Gasteiger partial charge in [-0.2, -0.15) is 0 Å². The Balaban J connectivity index is 1.51. The summed E-state index contributed by atoms with van der Waals surface area (Å²) in [7, 11) is 0. The van der Waals surface area contributed by atoms with Crippen LogP contribution in [0.25, 0.3) is 11.3 Å². The maximum atomic E-state index is 13.1.